The van der Waals surface area contributed by atoms with E-state index in [1.165, 1.54) is 0 Å². The highest BCUT2D eigenvalue weighted by molar-refractivity contribution is 5.44. The lowest BCUT2D eigenvalue weighted by Crippen LogP contribution is -2.17. The Morgan fingerprint density at radius 2 is 2.36 bits per heavy atom. The van der Waals surface area contributed by atoms with Crippen LogP contribution in [0.3, 0.4) is 0 Å². The van der Waals surface area contributed by atoms with Crippen LogP contribution >= 0.6 is 0 Å². The molecule has 74 valence electrons. The molecule has 0 aromatic carbocycles. The van der Waals surface area contributed by atoms with Crippen molar-refractivity contribution in [2.45, 2.75) is 13.0 Å². The lowest BCUT2D eigenvalue weighted by atomic mass is 10.2. The van der Waals surface area contributed by atoms with Crippen molar-refractivity contribution >= 4 is 5.69 Å². The van der Waals surface area contributed by atoms with E-state index in [0.717, 1.165) is 11.4 Å². The van der Waals surface area contributed by atoms with Crippen molar-refractivity contribution in [1.29, 1.82) is 0 Å². The fraction of sp³-hybridized carbons (Fsp3) is 0.364. The average Bonchev–Trinajstić information content (AvgIpc) is 2.18. The van der Waals surface area contributed by atoms with Gasteiger partial charge in [0.15, 0.2) is 0 Å². The van der Waals surface area contributed by atoms with Crippen molar-refractivity contribution in [1.82, 2.24) is 4.98 Å². The topological polar surface area (TPSA) is 42.1 Å². The molecule has 0 spiro atoms. The lowest BCUT2D eigenvalue weighted by Gasteiger charge is -2.16. The summed E-state index contributed by atoms with van der Waals surface area (Å²) in [4.78, 5) is 6.20. The van der Waals surface area contributed by atoms with Crippen LogP contribution < -0.4 is 10.6 Å². The molecule has 2 N–H and O–H groups in total. The molecular formula is C11H15N3. The Balaban J connectivity index is 2.78. The molecule has 0 fully saturated rings. The van der Waals surface area contributed by atoms with E-state index in [1.807, 2.05) is 31.0 Å². The van der Waals surface area contributed by atoms with E-state index in [0.29, 0.717) is 6.54 Å². The molecule has 0 unspecified atom stereocenters. The van der Waals surface area contributed by atoms with Gasteiger partial charge >= 0.3 is 0 Å². The van der Waals surface area contributed by atoms with Crippen molar-refractivity contribution in [3.63, 3.8) is 0 Å². The van der Waals surface area contributed by atoms with E-state index < -0.39 is 0 Å². The number of nitrogens with two attached hydrogens (primary N) is 1. The fourth-order valence-electron chi connectivity index (χ4n) is 1.12. The van der Waals surface area contributed by atoms with Crippen molar-refractivity contribution in [3.05, 3.63) is 24.0 Å². The first kappa shape index (κ1) is 10.6. The molecule has 1 rings (SSSR count). The van der Waals surface area contributed by atoms with Gasteiger partial charge in [-0.1, -0.05) is 5.92 Å². The first-order valence-electron chi connectivity index (χ1n) is 4.51. The maximum absolute atomic E-state index is 5.69. The highest BCUT2D eigenvalue weighted by Crippen LogP contribution is 2.13. The van der Waals surface area contributed by atoms with E-state index in [4.69, 9.17) is 12.2 Å². The van der Waals surface area contributed by atoms with Gasteiger partial charge in [0.2, 0.25) is 0 Å². The maximum atomic E-state index is 5.69. The van der Waals surface area contributed by atoms with E-state index in [1.54, 1.807) is 6.20 Å². The smallest absolute Gasteiger partial charge is 0.0789 e. The second-order valence-corrected chi connectivity index (χ2v) is 3.29. The predicted octanol–water partition coefficient (Wildman–Crippen LogP) is 1.17. The van der Waals surface area contributed by atoms with Gasteiger partial charge in [-0.05, 0) is 19.1 Å². The number of pyridine rings is 1. The van der Waals surface area contributed by atoms with Crippen molar-refractivity contribution in [2.24, 2.45) is 5.73 Å². The molecule has 1 heterocycles. The molecule has 0 aliphatic carbocycles. The van der Waals surface area contributed by atoms with Crippen LogP contribution in [0.1, 0.15) is 18.7 Å². The molecule has 1 aromatic rings. The Labute approximate surface area is 84.9 Å². The maximum Gasteiger partial charge on any atom is 0.0789 e. The third-order valence-corrected chi connectivity index (χ3v) is 2.01. The predicted molar refractivity (Wildman–Crippen MR) is 58.9 cm³/mol. The molecule has 0 saturated carbocycles. The van der Waals surface area contributed by atoms with Gasteiger partial charge in [0, 0.05) is 13.1 Å². The second kappa shape index (κ2) is 4.64. The molecule has 0 amide bonds. The molecule has 1 atom stereocenters. The molecule has 0 saturated heterocycles. The van der Waals surface area contributed by atoms with E-state index in [9.17, 15) is 0 Å². The number of aromatic nitrogens is 1. The second-order valence-electron chi connectivity index (χ2n) is 3.29. The third kappa shape index (κ3) is 2.48. The Hall–Kier alpha value is -1.53. The molecule has 0 aliphatic heterocycles. The number of hydrogen-bond acceptors (Lipinski definition) is 3. The van der Waals surface area contributed by atoms with Crippen LogP contribution in [0.2, 0.25) is 0 Å². The molecular weight excluding hydrogens is 174 g/mol. The quantitative estimate of drug-likeness (QED) is 0.726. The zero-order chi connectivity index (χ0) is 10.6. The molecule has 3 heteroatoms. The number of terminal acetylenes is 1. The first-order valence-corrected chi connectivity index (χ1v) is 4.51. The van der Waals surface area contributed by atoms with E-state index in [-0.39, 0.29) is 6.04 Å². The Bertz CT molecular complexity index is 321. The summed E-state index contributed by atoms with van der Waals surface area (Å²) in [6.07, 6.45) is 7.00. The minimum Gasteiger partial charge on any atom is -0.362 e. The third-order valence-electron chi connectivity index (χ3n) is 2.01. The SMILES string of the molecule is C#CCN(C)c1ccc([C@@H](C)N)nc1. The summed E-state index contributed by atoms with van der Waals surface area (Å²) in [7, 11) is 1.93. The Morgan fingerprint density at radius 3 is 2.79 bits per heavy atom. The van der Waals surface area contributed by atoms with Crippen LogP contribution in [-0.2, 0) is 0 Å². The van der Waals surface area contributed by atoms with Crippen molar-refractivity contribution in [2.75, 3.05) is 18.5 Å². The Kier molecular flexibility index (Phi) is 3.49. The van der Waals surface area contributed by atoms with Gasteiger partial charge in [-0.3, -0.25) is 4.98 Å². The van der Waals surface area contributed by atoms with Gasteiger partial charge in [-0.15, -0.1) is 6.42 Å². The Morgan fingerprint density at radius 1 is 1.64 bits per heavy atom. The summed E-state index contributed by atoms with van der Waals surface area (Å²) >= 11 is 0. The molecule has 14 heavy (non-hydrogen) atoms. The van der Waals surface area contributed by atoms with Crippen LogP contribution in [-0.4, -0.2) is 18.6 Å². The minimum absolute atomic E-state index is 0.0259. The van der Waals surface area contributed by atoms with Crippen LogP contribution in [0, 0.1) is 12.3 Å². The highest BCUT2D eigenvalue weighted by Gasteiger charge is 2.02. The number of hydrogen-bond donors (Lipinski definition) is 1. The summed E-state index contributed by atoms with van der Waals surface area (Å²) in [5.41, 5.74) is 7.59. The van der Waals surface area contributed by atoms with Gasteiger partial charge in [-0.2, -0.15) is 0 Å². The first-order chi connectivity index (χ1) is 6.65. The summed E-state index contributed by atoms with van der Waals surface area (Å²) in [6, 6.07) is 3.87. The summed E-state index contributed by atoms with van der Waals surface area (Å²) in [6.45, 7) is 2.49. The van der Waals surface area contributed by atoms with E-state index >= 15 is 0 Å². The van der Waals surface area contributed by atoms with Crippen LogP contribution in [0.25, 0.3) is 0 Å². The van der Waals surface area contributed by atoms with Crippen molar-refractivity contribution in [3.8, 4) is 12.3 Å². The highest BCUT2D eigenvalue weighted by atomic mass is 15.1. The van der Waals surface area contributed by atoms with Crippen LogP contribution in [0.15, 0.2) is 18.3 Å². The molecule has 0 radical (unpaired) electrons. The van der Waals surface area contributed by atoms with Gasteiger partial charge < -0.3 is 10.6 Å². The van der Waals surface area contributed by atoms with Gasteiger partial charge in [-0.25, -0.2) is 0 Å². The summed E-state index contributed by atoms with van der Waals surface area (Å²) < 4.78 is 0. The van der Waals surface area contributed by atoms with Crippen molar-refractivity contribution < 1.29 is 0 Å². The van der Waals surface area contributed by atoms with Gasteiger partial charge in [0.25, 0.3) is 0 Å². The van der Waals surface area contributed by atoms with Crippen LogP contribution in [0.4, 0.5) is 5.69 Å². The van der Waals surface area contributed by atoms with Gasteiger partial charge in [0.1, 0.15) is 0 Å². The lowest BCUT2D eigenvalue weighted by molar-refractivity contribution is 0.780. The monoisotopic (exact) mass is 189 g/mol. The minimum atomic E-state index is -0.0259. The standard InChI is InChI=1S/C11H15N3/c1-4-7-14(3)10-5-6-11(9(2)12)13-8-10/h1,5-6,8-9H,7,12H2,2-3H3/t9-/m1/s1. The normalized spacial score (nSPS) is 11.9. The number of rotatable bonds is 3. The summed E-state index contributed by atoms with van der Waals surface area (Å²) in [5, 5.41) is 0. The largest absolute Gasteiger partial charge is 0.362 e. The molecule has 3 nitrogen and oxygen atoms in total. The zero-order valence-corrected chi connectivity index (χ0v) is 8.57. The molecule has 0 aliphatic rings. The molecule has 1 aromatic heterocycles. The van der Waals surface area contributed by atoms with E-state index in [2.05, 4.69) is 10.9 Å². The summed E-state index contributed by atoms with van der Waals surface area (Å²) in [5.74, 6) is 2.58. The van der Waals surface area contributed by atoms with Gasteiger partial charge in [0.05, 0.1) is 24.1 Å². The zero-order valence-electron chi connectivity index (χ0n) is 8.57. The number of anilines is 1. The fourth-order valence-corrected chi connectivity index (χ4v) is 1.12. The number of nitrogens with zero attached hydrogens (tertiary/aromatic N) is 2. The van der Waals surface area contributed by atoms with Crippen LogP contribution in [0.5, 0.6) is 0 Å². The average molecular weight is 189 g/mol. The molecule has 0 bridgehead atoms.